The van der Waals surface area contributed by atoms with Crippen LogP contribution in [0.4, 0.5) is 0 Å². The lowest BCUT2D eigenvalue weighted by Crippen LogP contribution is -2.30. The zero-order chi connectivity index (χ0) is 13.1. The van der Waals surface area contributed by atoms with Crippen molar-refractivity contribution < 1.29 is 13.5 Å². The van der Waals surface area contributed by atoms with Crippen LogP contribution in [0.25, 0.3) is 0 Å². The molecule has 0 aliphatic carbocycles. The summed E-state index contributed by atoms with van der Waals surface area (Å²) >= 11 is 8.86. The van der Waals surface area contributed by atoms with Crippen LogP contribution in [-0.2, 0) is 10.0 Å². The summed E-state index contributed by atoms with van der Waals surface area (Å²) in [5.41, 5.74) is 0. The largest absolute Gasteiger partial charge is 0.396 e. The third-order valence-electron chi connectivity index (χ3n) is 2.00. The molecule has 96 valence electrons. The molecule has 0 saturated carbocycles. The normalized spacial score (nSPS) is 13.6. The molecule has 17 heavy (non-hydrogen) atoms. The van der Waals surface area contributed by atoms with Crippen LogP contribution in [-0.4, -0.2) is 31.7 Å². The lowest BCUT2D eigenvalue weighted by Gasteiger charge is -2.11. The number of pyridine rings is 1. The highest BCUT2D eigenvalue weighted by atomic mass is 79.9. The average molecular weight is 344 g/mol. The van der Waals surface area contributed by atoms with Gasteiger partial charge in [0.1, 0.15) is 10.0 Å². The lowest BCUT2D eigenvalue weighted by molar-refractivity contribution is 0.238. The number of rotatable bonds is 5. The van der Waals surface area contributed by atoms with E-state index in [0.717, 1.165) is 0 Å². The number of nitrogens with one attached hydrogen (secondary N) is 1. The summed E-state index contributed by atoms with van der Waals surface area (Å²) in [6.07, 6.45) is 1.41. The summed E-state index contributed by atoms with van der Waals surface area (Å²) in [5, 5.41) is 8.73. The van der Waals surface area contributed by atoms with Crippen molar-refractivity contribution in [1.82, 2.24) is 9.71 Å². The van der Waals surface area contributed by atoms with E-state index in [4.69, 9.17) is 16.7 Å². The molecule has 1 aromatic heterocycles. The molecule has 0 bridgehead atoms. The quantitative estimate of drug-likeness (QED) is 0.792. The van der Waals surface area contributed by atoms with Gasteiger partial charge in [0, 0.05) is 23.8 Å². The Kier molecular flexibility index (Phi) is 5.33. The number of sulfonamides is 1. The van der Waals surface area contributed by atoms with Crippen LogP contribution in [0.2, 0.25) is 5.15 Å². The van der Waals surface area contributed by atoms with Crippen molar-refractivity contribution in [3.63, 3.8) is 0 Å². The van der Waals surface area contributed by atoms with E-state index in [1.54, 1.807) is 6.92 Å². The minimum Gasteiger partial charge on any atom is -0.396 e. The first-order valence-corrected chi connectivity index (χ1v) is 7.44. The zero-order valence-electron chi connectivity index (χ0n) is 9.02. The van der Waals surface area contributed by atoms with E-state index in [0.29, 0.717) is 4.47 Å². The molecule has 0 aliphatic rings. The van der Waals surface area contributed by atoms with Gasteiger partial charge in [0.2, 0.25) is 10.0 Å². The molecule has 2 N–H and O–H groups in total. The maximum Gasteiger partial charge on any atom is 0.243 e. The molecular formula is C9H12BrClN2O3S. The number of halogens is 2. The van der Waals surface area contributed by atoms with E-state index in [1.165, 1.54) is 12.3 Å². The van der Waals surface area contributed by atoms with E-state index in [2.05, 4.69) is 25.6 Å². The number of hydrogen-bond acceptors (Lipinski definition) is 4. The second-order valence-corrected chi connectivity index (χ2v) is 6.59. The fraction of sp³-hybridized carbons (Fsp3) is 0.444. The van der Waals surface area contributed by atoms with Crippen LogP contribution >= 0.6 is 27.5 Å². The fourth-order valence-corrected chi connectivity index (χ4v) is 3.09. The van der Waals surface area contributed by atoms with Crippen LogP contribution < -0.4 is 4.72 Å². The summed E-state index contributed by atoms with van der Waals surface area (Å²) in [6.45, 7) is 1.78. The number of aromatic nitrogens is 1. The predicted molar refractivity (Wildman–Crippen MR) is 68.4 cm³/mol. The van der Waals surface area contributed by atoms with Crippen molar-refractivity contribution in [2.24, 2.45) is 5.92 Å². The second-order valence-electron chi connectivity index (χ2n) is 3.58. The van der Waals surface area contributed by atoms with Crippen LogP contribution in [0.5, 0.6) is 0 Å². The molecule has 1 heterocycles. The van der Waals surface area contributed by atoms with Gasteiger partial charge >= 0.3 is 0 Å². The minimum absolute atomic E-state index is 0.0846. The molecule has 1 atom stereocenters. The Morgan fingerprint density at radius 2 is 2.29 bits per heavy atom. The number of nitrogens with zero attached hydrogens (tertiary/aromatic N) is 1. The molecule has 1 rings (SSSR count). The Morgan fingerprint density at radius 1 is 1.65 bits per heavy atom. The SMILES string of the molecule is CC(CO)CNS(=O)(=O)c1cc(Br)cnc1Cl. The van der Waals surface area contributed by atoms with Crippen molar-refractivity contribution >= 4 is 37.6 Å². The first kappa shape index (κ1) is 14.8. The summed E-state index contributed by atoms with van der Waals surface area (Å²) < 4.78 is 26.7. The zero-order valence-corrected chi connectivity index (χ0v) is 12.2. The molecule has 5 nitrogen and oxygen atoms in total. The van der Waals surface area contributed by atoms with Crippen LogP contribution in [0.1, 0.15) is 6.92 Å². The van der Waals surface area contributed by atoms with Crippen molar-refractivity contribution in [3.05, 3.63) is 21.9 Å². The van der Waals surface area contributed by atoms with Crippen molar-refractivity contribution in [2.45, 2.75) is 11.8 Å². The van der Waals surface area contributed by atoms with Crippen molar-refractivity contribution in [3.8, 4) is 0 Å². The van der Waals surface area contributed by atoms with Crippen LogP contribution in [0.3, 0.4) is 0 Å². The number of hydrogen-bond donors (Lipinski definition) is 2. The summed E-state index contributed by atoms with van der Waals surface area (Å²) in [6, 6.07) is 1.38. The van der Waals surface area contributed by atoms with E-state index >= 15 is 0 Å². The van der Waals surface area contributed by atoms with Gasteiger partial charge in [-0.2, -0.15) is 0 Å². The molecule has 0 amide bonds. The van der Waals surface area contributed by atoms with Crippen LogP contribution in [0.15, 0.2) is 21.6 Å². The maximum atomic E-state index is 11.9. The van der Waals surface area contributed by atoms with E-state index in [1.807, 2.05) is 0 Å². The topological polar surface area (TPSA) is 79.3 Å². The van der Waals surface area contributed by atoms with Crippen molar-refractivity contribution in [2.75, 3.05) is 13.2 Å². The van der Waals surface area contributed by atoms with Gasteiger partial charge in [-0.1, -0.05) is 18.5 Å². The van der Waals surface area contributed by atoms with Crippen molar-refractivity contribution in [1.29, 1.82) is 0 Å². The third kappa shape index (κ3) is 4.18. The van der Waals surface area contributed by atoms with Gasteiger partial charge in [0.15, 0.2) is 0 Å². The summed E-state index contributed by atoms with van der Waals surface area (Å²) in [5.74, 6) is -0.163. The third-order valence-corrected chi connectivity index (χ3v) is 4.28. The molecule has 0 saturated heterocycles. The summed E-state index contributed by atoms with van der Waals surface area (Å²) in [7, 11) is -3.70. The van der Waals surface area contributed by atoms with Gasteiger partial charge in [-0.25, -0.2) is 18.1 Å². The Morgan fingerprint density at radius 3 is 2.88 bits per heavy atom. The van der Waals surface area contributed by atoms with E-state index in [-0.39, 0.29) is 29.1 Å². The highest BCUT2D eigenvalue weighted by molar-refractivity contribution is 9.10. The second kappa shape index (κ2) is 6.10. The van der Waals surface area contributed by atoms with Gasteiger partial charge in [-0.15, -0.1) is 0 Å². The highest BCUT2D eigenvalue weighted by Crippen LogP contribution is 2.22. The average Bonchev–Trinajstić information content (AvgIpc) is 2.29. The molecule has 0 spiro atoms. The van der Waals surface area contributed by atoms with Gasteiger partial charge in [-0.3, -0.25) is 0 Å². The van der Waals surface area contributed by atoms with Gasteiger partial charge in [0.05, 0.1) is 0 Å². The fourth-order valence-electron chi connectivity index (χ4n) is 0.987. The molecule has 1 unspecified atom stereocenters. The lowest BCUT2D eigenvalue weighted by atomic mass is 10.2. The molecule has 0 aromatic carbocycles. The molecule has 8 heteroatoms. The van der Waals surface area contributed by atoms with E-state index < -0.39 is 10.0 Å². The highest BCUT2D eigenvalue weighted by Gasteiger charge is 2.19. The predicted octanol–water partition coefficient (Wildman–Crippen LogP) is 1.40. The maximum absolute atomic E-state index is 11.9. The Labute approximate surface area is 113 Å². The molecule has 0 fully saturated rings. The molecule has 0 aliphatic heterocycles. The standard InChI is InChI=1S/C9H12BrClN2O3S/c1-6(5-14)3-13-17(15,16)8-2-7(10)4-12-9(8)11/h2,4,6,13-14H,3,5H2,1H3. The van der Waals surface area contributed by atoms with Gasteiger partial charge in [-0.05, 0) is 27.9 Å². The Balaban J connectivity index is 2.93. The minimum atomic E-state index is -3.70. The monoisotopic (exact) mass is 342 g/mol. The molecular weight excluding hydrogens is 332 g/mol. The van der Waals surface area contributed by atoms with Gasteiger partial charge < -0.3 is 5.11 Å². The van der Waals surface area contributed by atoms with Crippen LogP contribution in [0, 0.1) is 5.92 Å². The molecule has 0 radical (unpaired) electrons. The molecule has 1 aromatic rings. The Bertz CT molecular complexity index is 495. The smallest absolute Gasteiger partial charge is 0.243 e. The first-order chi connectivity index (χ1) is 7.86. The van der Waals surface area contributed by atoms with E-state index in [9.17, 15) is 8.42 Å². The summed E-state index contributed by atoms with van der Waals surface area (Å²) in [4.78, 5) is 3.66. The Hall–Kier alpha value is -0.210. The first-order valence-electron chi connectivity index (χ1n) is 4.78. The van der Waals surface area contributed by atoms with Gasteiger partial charge in [0.25, 0.3) is 0 Å². The number of aliphatic hydroxyl groups is 1. The number of aliphatic hydroxyl groups excluding tert-OH is 1.